The van der Waals surface area contributed by atoms with E-state index >= 15 is 0 Å². The van der Waals surface area contributed by atoms with Crippen LogP contribution in [-0.2, 0) is 104 Å². The number of rotatable bonds is 26. The fourth-order valence-corrected chi connectivity index (χ4v) is 16.6. The molecule has 0 bridgehead atoms. The molecule has 0 saturated carbocycles. The lowest BCUT2D eigenvalue weighted by atomic mass is 9.75. The number of carboxylic acid groups (broad SMARTS) is 1. The number of carbonyl (C=O) groups is 8. The Labute approximate surface area is 737 Å². The van der Waals surface area contributed by atoms with Gasteiger partial charge in [0.2, 0.25) is 37.8 Å². The van der Waals surface area contributed by atoms with Crippen molar-refractivity contribution in [3.05, 3.63) is 245 Å². The summed E-state index contributed by atoms with van der Waals surface area (Å²) in [5.41, 5.74) is 7.73. The van der Waals surface area contributed by atoms with Crippen LogP contribution in [0, 0.1) is 52.9 Å². The number of aliphatic carboxylic acids is 1. The first-order valence-electron chi connectivity index (χ1n) is 40.2. The van der Waals surface area contributed by atoms with Gasteiger partial charge in [-0.1, -0.05) is 107 Å². The van der Waals surface area contributed by atoms with E-state index in [2.05, 4.69) is 56.0 Å². The van der Waals surface area contributed by atoms with E-state index in [4.69, 9.17) is 39.7 Å². The molecule has 6 heterocycles. The van der Waals surface area contributed by atoms with Gasteiger partial charge in [0.15, 0.2) is 12.2 Å². The van der Waals surface area contributed by atoms with E-state index in [9.17, 15) is 85.5 Å². The summed E-state index contributed by atoms with van der Waals surface area (Å²) < 4.78 is 191. The minimum absolute atomic E-state index is 0.000530. The molecule has 2 aliphatic rings. The van der Waals surface area contributed by atoms with E-state index in [1.54, 1.807) is 53.5 Å². The minimum atomic E-state index is -5.08. The number of methoxy groups -OCH3 is 2. The van der Waals surface area contributed by atoms with Gasteiger partial charge >= 0.3 is 30.1 Å². The molecule has 2 aliphatic heterocycles. The number of halogens is 9. The highest BCUT2D eigenvalue weighted by Gasteiger charge is 2.49. The number of fused-ring (bicyclic) bond motifs is 2. The molecule has 10 atom stereocenters. The van der Waals surface area contributed by atoms with Gasteiger partial charge < -0.3 is 59.2 Å². The third-order valence-electron chi connectivity index (χ3n) is 20.9. The monoisotopic (exact) mass is 1880 g/mol. The lowest BCUT2D eigenvalue weighted by Crippen LogP contribution is -2.55. The van der Waals surface area contributed by atoms with Crippen molar-refractivity contribution < 1.29 is 130 Å². The Morgan fingerprint density at radius 3 is 1.56 bits per heavy atom. The van der Waals surface area contributed by atoms with Gasteiger partial charge in [0.1, 0.15) is 65.9 Å². The molecule has 2 fully saturated rings. The topological polar surface area (TPSA) is 354 Å². The molecule has 127 heavy (non-hydrogen) atoms. The summed E-state index contributed by atoms with van der Waals surface area (Å²) in [6.45, 7) is 16.0. The van der Waals surface area contributed by atoms with Gasteiger partial charge in [0.05, 0.1) is 65.2 Å². The molecule has 6 aromatic carbocycles. The Kier molecular flexibility index (Phi) is 35.3. The summed E-state index contributed by atoms with van der Waals surface area (Å²) in [5.74, 6) is -8.72. The molecule has 4 amide bonds. The van der Waals surface area contributed by atoms with Gasteiger partial charge in [-0.2, -0.15) is 13.2 Å². The van der Waals surface area contributed by atoms with Crippen molar-refractivity contribution in [2.75, 3.05) is 32.0 Å². The standard InChI is InChI=1S/C43H46F2N4O7S.C22H30BrNO7.C21H15F2N3O3S.C2HF3O2.CH3F/c1-6-7-39(50)47-37-18-30(8-11-31(37)19-38-27(3)26(2)28(4)41(56-38)43(52)55-5)24-48-16-17-49-25-32(12-15-40(48)49)42(51)46-23-29-9-13-35(14-10-29)57(53,54)36-21-33(44)20-34(45)22-36;1-6-7-18(26)24-16-10-15(11-23)8-9-17(16)30-22-13(3)12(2)19(29-14(4)25)20(31-22)21(27)28-5;22-16-9-17(23)11-19(10-16)30(28,29)18-4-1-14(2-5-18)12-25-21(27)15-3-6-20-24-7-8-26(20)13-15;3-2(4,5)1(6)7;1-2/h8-18,20-22,25-28,38,41H,6-7,19,23-24H2,1-5H3,(H-,46,47,50,51);8-10,12-13,19-20,22H,6-7,11H2,1-5H3,(H,24,26);1-11,13H,12H2,(H,25,27);(H,6,7);1H3/p+1/t26-,27-,28+,38+,41+;12-,13-,19+,20+,22-;;;/m11.../s1/i;;;;1D. The average Bonchev–Trinajstić information content (AvgIpc) is 1.26. The number of carboxylic acids is 1. The Morgan fingerprint density at radius 2 is 1.06 bits per heavy atom. The van der Waals surface area contributed by atoms with Crippen molar-refractivity contribution >= 4 is 106 Å². The van der Waals surface area contributed by atoms with E-state index in [0.29, 0.717) is 89.1 Å². The first-order valence-corrected chi connectivity index (χ1v) is 43.6. The molecule has 12 rings (SSSR count). The van der Waals surface area contributed by atoms with Crippen LogP contribution in [0.4, 0.5) is 46.5 Å². The zero-order valence-electron chi connectivity index (χ0n) is 71.5. The van der Waals surface area contributed by atoms with Crippen LogP contribution in [0.15, 0.2) is 202 Å². The molecule has 680 valence electrons. The molecule has 2 saturated heterocycles. The van der Waals surface area contributed by atoms with Crippen LogP contribution >= 0.6 is 15.9 Å². The van der Waals surface area contributed by atoms with Gasteiger partial charge in [-0.3, -0.25) is 28.4 Å². The molecule has 0 spiro atoms. The zero-order valence-corrected chi connectivity index (χ0v) is 73.7. The normalized spacial score (nSPS) is 18.5. The smallest absolute Gasteiger partial charge is 0.475 e. The van der Waals surface area contributed by atoms with Crippen LogP contribution in [-0.4, -0.2) is 141 Å². The third-order valence-corrected chi connectivity index (χ3v) is 25.1. The molecule has 4 aromatic heterocycles. The summed E-state index contributed by atoms with van der Waals surface area (Å²) in [7, 11) is -6.60. The number of hydrogen-bond donors (Lipinski definition) is 5. The summed E-state index contributed by atoms with van der Waals surface area (Å²) in [5, 5.41) is 19.3. The molecule has 0 aliphatic carbocycles. The summed E-state index contributed by atoms with van der Waals surface area (Å²) >= 11 is 3.42. The Bertz CT molecular complexity index is 5800. The zero-order chi connectivity index (χ0) is 94.2. The molecule has 27 nitrogen and oxygen atoms in total. The van der Waals surface area contributed by atoms with Crippen LogP contribution < -0.4 is 30.6 Å². The number of hydrogen-bond acceptors (Lipinski definition) is 19. The van der Waals surface area contributed by atoms with Gasteiger partial charge in [-0.15, -0.1) is 0 Å². The Hall–Kier alpha value is -12.0. The number of benzene rings is 6. The van der Waals surface area contributed by atoms with Crippen molar-refractivity contribution in [1.82, 2.24) is 24.4 Å². The summed E-state index contributed by atoms with van der Waals surface area (Å²) in [6, 6.07) is 34.1. The fraction of sp³-hybridized carbons (Fsp3) is 0.348. The number of imidazole rings is 2. The predicted molar refractivity (Wildman–Crippen MR) is 451 cm³/mol. The number of anilines is 2. The van der Waals surface area contributed by atoms with Crippen LogP contribution in [0.5, 0.6) is 5.75 Å². The number of sulfone groups is 2. The van der Waals surface area contributed by atoms with Crippen molar-refractivity contribution in [3.63, 3.8) is 0 Å². The fourth-order valence-electron chi connectivity index (χ4n) is 13.6. The number of carbonyl (C=O) groups excluding carboxylic acids is 7. The van der Waals surface area contributed by atoms with Crippen molar-refractivity contribution in [1.29, 1.82) is 0 Å². The van der Waals surface area contributed by atoms with E-state index in [0.717, 1.165) is 58.7 Å². The van der Waals surface area contributed by atoms with Crippen LogP contribution in [0.1, 0.15) is 131 Å². The molecule has 0 unspecified atom stereocenters. The molecule has 38 heteroatoms. The average molecular weight is 1880 g/mol. The molecule has 5 N–H and O–H groups in total. The highest BCUT2D eigenvalue weighted by molar-refractivity contribution is 9.08. The predicted octanol–water partition coefficient (Wildman–Crippen LogP) is 14.8. The molecular weight excluding hydrogens is 1780 g/mol. The van der Waals surface area contributed by atoms with Crippen molar-refractivity contribution in [2.45, 2.75) is 169 Å². The second-order valence-corrected chi connectivity index (χ2v) is 34.2. The molecule has 0 radical (unpaired) electrons. The number of nitrogens with zero attached hydrogens (tertiary/aromatic N) is 4. The largest absolute Gasteiger partial charge is 0.490 e. The van der Waals surface area contributed by atoms with Crippen molar-refractivity contribution in [2.24, 2.45) is 29.6 Å². The number of amides is 4. The van der Waals surface area contributed by atoms with Crippen LogP contribution in [0.3, 0.4) is 0 Å². The second-order valence-electron chi connectivity index (χ2n) is 29.7. The number of nitrogens with one attached hydrogen (secondary N) is 4. The lowest BCUT2D eigenvalue weighted by Gasteiger charge is -2.42. The van der Waals surface area contributed by atoms with Crippen LogP contribution in [0.25, 0.3) is 11.3 Å². The van der Waals surface area contributed by atoms with E-state index in [-0.39, 0.29) is 88.2 Å². The van der Waals surface area contributed by atoms with Gasteiger partial charge in [0, 0.05) is 98.9 Å². The van der Waals surface area contributed by atoms with Crippen LogP contribution in [0.2, 0.25) is 0 Å². The first-order chi connectivity index (χ1) is 60.6. The summed E-state index contributed by atoms with van der Waals surface area (Å²) in [4.78, 5) is 98.8. The molecule has 10 aromatic rings. The number of alkyl halides is 5. The number of aromatic nitrogens is 4. The SMILES string of the molecule is CCCC(=O)Nc1cc(CBr)ccc1O[C@@H]1O[C@H](C(=O)OC)[C@@H](OC(C)=O)[C@H](C)[C@H]1C.CCCC(=O)Nc1cc(C[n+]2ccn3cc(C(=O)NCc4ccc(S(=O)(=O)c5cc(F)cc(F)c5)cc4)ccc32)ccc1C[C@@H]1O[C@H](C(=O)OC)[C@@H](C)[C@H](C)[C@H]1C.O=C(NCc1ccc(S(=O)(=O)c2cc(F)cc(F)c2)cc1)c1ccc2nccn2c1.O=C(O)C(F)(F)F.[2H]CF. The summed E-state index contributed by atoms with van der Waals surface area (Å²) in [6.07, 6.45) is 4.45. The second kappa shape index (κ2) is 45.4. The van der Waals surface area contributed by atoms with Crippen molar-refractivity contribution in [3.8, 4) is 5.75 Å². The Balaban J connectivity index is 0.000000241. The maximum absolute atomic E-state index is 13.7. The Morgan fingerprint density at radius 1 is 0.583 bits per heavy atom. The maximum Gasteiger partial charge on any atom is 0.490 e. The lowest BCUT2D eigenvalue weighted by molar-refractivity contribution is -0.661. The highest BCUT2D eigenvalue weighted by Crippen LogP contribution is 2.40. The van der Waals surface area contributed by atoms with E-state index in [1.165, 1.54) is 69.7 Å². The minimum Gasteiger partial charge on any atom is -0.475 e. The molecular formula is C89H96BrF8N8O19S2+. The van der Waals surface area contributed by atoms with Gasteiger partial charge in [-0.05, 0) is 143 Å². The quantitative estimate of drug-likeness (QED) is 0.0110. The van der Waals surface area contributed by atoms with E-state index < -0.39 is 109 Å². The number of pyridine rings is 2. The third kappa shape index (κ3) is 26.8. The highest BCUT2D eigenvalue weighted by atomic mass is 79.9. The maximum atomic E-state index is 13.7. The first kappa shape index (κ1) is 98.8. The van der Waals surface area contributed by atoms with Gasteiger partial charge in [0.25, 0.3) is 17.5 Å². The van der Waals surface area contributed by atoms with Gasteiger partial charge in [-0.25, -0.2) is 62.7 Å². The number of esters is 3. The van der Waals surface area contributed by atoms with E-state index in [1.807, 2.05) is 92.4 Å². The number of ether oxygens (including phenoxy) is 6.